The summed E-state index contributed by atoms with van der Waals surface area (Å²) < 4.78 is 11.0. The maximum atomic E-state index is 10.5. The molecule has 2 atom stereocenters. The fraction of sp³-hybridized carbons (Fsp3) is 0.955. The molecule has 162 valence electrons. The van der Waals surface area contributed by atoms with E-state index in [2.05, 4.69) is 27.7 Å². The number of carbonyl (C=O) groups excluding carboxylic acids is 1. The molecule has 0 heterocycles. The summed E-state index contributed by atoms with van der Waals surface area (Å²) in [6.07, 6.45) is 10.1. The number of hydrogen-bond donors (Lipinski definition) is 1. The van der Waals surface area contributed by atoms with Crippen molar-refractivity contribution in [3.05, 3.63) is 0 Å². The zero-order chi connectivity index (χ0) is 20.5. The van der Waals surface area contributed by atoms with Gasteiger partial charge in [-0.05, 0) is 24.7 Å². The standard InChI is InChI=1S/C22H44O5.Na/c1-18(2)11-7-5-9-13-20(23)15-27-21(16-26-17-22(24)25)14-10-6-8-12-19(3)4;/h18-21,23H,5-17H2,1-4H3,(H,24,25);/q;+1/p-1. The molecular weight excluding hydrogens is 367 g/mol. The summed E-state index contributed by atoms with van der Waals surface area (Å²) in [5.74, 6) is 0.242. The number of carbonyl (C=O) groups is 1. The van der Waals surface area contributed by atoms with Crippen LogP contribution in [-0.2, 0) is 14.3 Å². The number of carboxylic acid groups (broad SMARTS) is 1. The van der Waals surface area contributed by atoms with Crippen LogP contribution in [0.4, 0.5) is 0 Å². The molecule has 0 aromatic carbocycles. The molecule has 0 radical (unpaired) electrons. The maximum absolute atomic E-state index is 10.5. The summed E-state index contributed by atoms with van der Waals surface area (Å²) in [7, 11) is 0. The van der Waals surface area contributed by atoms with Gasteiger partial charge in [0.25, 0.3) is 0 Å². The van der Waals surface area contributed by atoms with Crippen LogP contribution >= 0.6 is 0 Å². The minimum atomic E-state index is -1.22. The first kappa shape index (κ1) is 30.5. The summed E-state index contributed by atoms with van der Waals surface area (Å²) in [6.45, 7) is 9.02. The van der Waals surface area contributed by atoms with Gasteiger partial charge >= 0.3 is 29.6 Å². The van der Waals surface area contributed by atoms with E-state index in [0.717, 1.165) is 50.4 Å². The van der Waals surface area contributed by atoms with Crippen LogP contribution in [0, 0.1) is 11.8 Å². The third-order valence-corrected chi connectivity index (χ3v) is 4.67. The zero-order valence-corrected chi connectivity index (χ0v) is 21.1. The Morgan fingerprint density at radius 3 is 1.82 bits per heavy atom. The minimum Gasteiger partial charge on any atom is -0.548 e. The zero-order valence-electron chi connectivity index (χ0n) is 19.1. The summed E-state index contributed by atoms with van der Waals surface area (Å²) in [5, 5.41) is 20.6. The second kappa shape index (κ2) is 20.6. The van der Waals surface area contributed by atoms with Crippen LogP contribution in [0.1, 0.15) is 91.9 Å². The van der Waals surface area contributed by atoms with Crippen molar-refractivity contribution < 1.29 is 54.0 Å². The molecule has 0 amide bonds. The molecule has 0 saturated carbocycles. The molecule has 0 aromatic heterocycles. The van der Waals surface area contributed by atoms with Crippen molar-refractivity contribution in [1.82, 2.24) is 0 Å². The van der Waals surface area contributed by atoms with Gasteiger partial charge in [-0.3, -0.25) is 0 Å². The predicted molar refractivity (Wildman–Crippen MR) is 107 cm³/mol. The molecule has 0 bridgehead atoms. The number of hydrogen-bond acceptors (Lipinski definition) is 5. The predicted octanol–water partition coefficient (Wildman–Crippen LogP) is 0.716. The normalized spacial score (nSPS) is 13.5. The Labute approximate surface area is 195 Å². The SMILES string of the molecule is CC(C)CCCCCC(O)COC(CCCCCC(C)C)COCC(=O)[O-].[Na+]. The molecule has 0 aliphatic rings. The van der Waals surface area contributed by atoms with E-state index < -0.39 is 18.7 Å². The van der Waals surface area contributed by atoms with Crippen molar-refractivity contribution in [1.29, 1.82) is 0 Å². The summed E-state index contributed by atoms with van der Waals surface area (Å²) in [6, 6.07) is 0. The Morgan fingerprint density at radius 1 is 0.821 bits per heavy atom. The molecule has 0 aliphatic carbocycles. The van der Waals surface area contributed by atoms with Crippen molar-refractivity contribution in [2.24, 2.45) is 11.8 Å². The van der Waals surface area contributed by atoms with Gasteiger partial charge in [-0.1, -0.05) is 79.1 Å². The fourth-order valence-corrected chi connectivity index (χ4v) is 3.03. The van der Waals surface area contributed by atoms with Gasteiger partial charge < -0.3 is 24.5 Å². The van der Waals surface area contributed by atoms with E-state index >= 15 is 0 Å². The van der Waals surface area contributed by atoms with Gasteiger partial charge in [0.2, 0.25) is 0 Å². The Bertz CT molecular complexity index is 350. The Kier molecular flexibility index (Phi) is 22.5. The molecule has 6 heteroatoms. The number of aliphatic carboxylic acids is 1. The smallest absolute Gasteiger partial charge is 0.548 e. The van der Waals surface area contributed by atoms with Gasteiger partial charge in [-0.15, -0.1) is 0 Å². The van der Waals surface area contributed by atoms with E-state index in [-0.39, 0.29) is 48.9 Å². The number of unbranched alkanes of at least 4 members (excludes halogenated alkanes) is 4. The second-order valence-electron chi connectivity index (χ2n) is 8.56. The molecule has 1 N–H and O–H groups in total. The molecule has 0 aliphatic heterocycles. The number of aliphatic hydroxyl groups is 1. The van der Waals surface area contributed by atoms with E-state index in [9.17, 15) is 15.0 Å². The van der Waals surface area contributed by atoms with Crippen molar-refractivity contribution >= 4 is 5.97 Å². The van der Waals surface area contributed by atoms with E-state index in [4.69, 9.17) is 9.47 Å². The second-order valence-corrected chi connectivity index (χ2v) is 8.56. The Hall–Kier alpha value is 0.350. The van der Waals surface area contributed by atoms with Crippen LogP contribution in [0.25, 0.3) is 0 Å². The molecule has 0 aromatic rings. The summed E-state index contributed by atoms with van der Waals surface area (Å²) in [4.78, 5) is 10.5. The fourth-order valence-electron chi connectivity index (χ4n) is 3.03. The molecule has 5 nitrogen and oxygen atoms in total. The van der Waals surface area contributed by atoms with E-state index in [1.165, 1.54) is 25.7 Å². The third kappa shape index (κ3) is 22.6. The van der Waals surface area contributed by atoms with E-state index in [1.54, 1.807) is 0 Å². The number of ether oxygens (including phenoxy) is 2. The van der Waals surface area contributed by atoms with Crippen molar-refractivity contribution in [3.8, 4) is 0 Å². The van der Waals surface area contributed by atoms with Crippen LogP contribution in [0.2, 0.25) is 0 Å². The average Bonchev–Trinajstić information content (AvgIpc) is 2.57. The molecule has 2 unspecified atom stereocenters. The minimum absolute atomic E-state index is 0. The molecule has 0 spiro atoms. The van der Waals surface area contributed by atoms with Crippen LogP contribution in [0.3, 0.4) is 0 Å². The van der Waals surface area contributed by atoms with Gasteiger partial charge in [0.05, 0.1) is 38.0 Å². The molecule has 0 fully saturated rings. The molecule has 0 rings (SSSR count). The Morgan fingerprint density at radius 2 is 1.32 bits per heavy atom. The monoisotopic (exact) mass is 410 g/mol. The summed E-state index contributed by atoms with van der Waals surface area (Å²) in [5.41, 5.74) is 0. The number of carboxylic acids is 1. The van der Waals surface area contributed by atoms with E-state index in [0.29, 0.717) is 0 Å². The van der Waals surface area contributed by atoms with Gasteiger partial charge in [0, 0.05) is 0 Å². The van der Waals surface area contributed by atoms with Gasteiger partial charge in [0.15, 0.2) is 0 Å². The first-order valence-corrected chi connectivity index (χ1v) is 10.9. The van der Waals surface area contributed by atoms with Crippen molar-refractivity contribution in [2.75, 3.05) is 19.8 Å². The number of rotatable bonds is 19. The quantitative estimate of drug-likeness (QED) is 0.251. The van der Waals surface area contributed by atoms with Gasteiger partial charge in [0.1, 0.15) is 0 Å². The third-order valence-electron chi connectivity index (χ3n) is 4.67. The van der Waals surface area contributed by atoms with Crippen LogP contribution in [-0.4, -0.2) is 43.1 Å². The van der Waals surface area contributed by atoms with Gasteiger partial charge in [-0.2, -0.15) is 0 Å². The van der Waals surface area contributed by atoms with Crippen molar-refractivity contribution in [2.45, 2.75) is 104 Å². The number of aliphatic hydroxyl groups excluding tert-OH is 1. The molecule has 28 heavy (non-hydrogen) atoms. The maximum Gasteiger partial charge on any atom is 1.00 e. The van der Waals surface area contributed by atoms with Crippen LogP contribution in [0.5, 0.6) is 0 Å². The largest absolute Gasteiger partial charge is 1.00 e. The molecular formula is C22H43NaO5. The van der Waals surface area contributed by atoms with E-state index in [1.807, 2.05) is 0 Å². The van der Waals surface area contributed by atoms with Crippen LogP contribution < -0.4 is 34.7 Å². The first-order chi connectivity index (χ1) is 12.8. The summed E-state index contributed by atoms with van der Waals surface area (Å²) >= 11 is 0. The molecule has 0 saturated heterocycles. The Balaban J connectivity index is 0. The topological polar surface area (TPSA) is 78.8 Å². The van der Waals surface area contributed by atoms with Crippen LogP contribution in [0.15, 0.2) is 0 Å². The van der Waals surface area contributed by atoms with Gasteiger partial charge in [-0.25, -0.2) is 0 Å². The average molecular weight is 411 g/mol. The first-order valence-electron chi connectivity index (χ1n) is 10.9. The van der Waals surface area contributed by atoms with Crippen molar-refractivity contribution in [3.63, 3.8) is 0 Å².